The number of sulfonamides is 1. The minimum absolute atomic E-state index is 0.0815. The fourth-order valence-electron chi connectivity index (χ4n) is 3.30. The molecule has 9 nitrogen and oxygen atoms in total. The van der Waals surface area contributed by atoms with E-state index in [2.05, 4.69) is 10.6 Å². The van der Waals surface area contributed by atoms with Gasteiger partial charge in [-0.1, -0.05) is 12.1 Å². The summed E-state index contributed by atoms with van der Waals surface area (Å²) in [6.07, 6.45) is 0.0136. The first-order valence-corrected chi connectivity index (χ1v) is 11.8. The predicted molar refractivity (Wildman–Crippen MR) is 117 cm³/mol. The smallest absolute Gasteiger partial charge is 0.309 e. The van der Waals surface area contributed by atoms with Gasteiger partial charge in [-0.3, -0.25) is 9.59 Å². The zero-order valence-corrected chi connectivity index (χ0v) is 18.9. The highest BCUT2D eigenvalue weighted by molar-refractivity contribution is 7.89. The van der Waals surface area contributed by atoms with Gasteiger partial charge in [-0.25, -0.2) is 12.8 Å². The van der Waals surface area contributed by atoms with Crippen molar-refractivity contribution in [3.8, 4) is 5.75 Å². The summed E-state index contributed by atoms with van der Waals surface area (Å²) in [7, 11) is -2.39. The molecule has 11 heteroatoms. The first-order chi connectivity index (χ1) is 15.8. The Bertz CT molecular complexity index is 1060. The monoisotopic (exact) mass is 479 g/mol. The SMILES string of the molecule is COc1ccc(CCNC(=O)C(=O)NC[C@@H]2OCCCN2S(=O)(=O)c2ccc(F)cc2)cc1. The second-order valence-electron chi connectivity index (χ2n) is 7.31. The first kappa shape index (κ1) is 24.6. The van der Waals surface area contributed by atoms with Crippen LogP contribution in [0.1, 0.15) is 12.0 Å². The Balaban J connectivity index is 1.51. The van der Waals surface area contributed by atoms with Crippen molar-refractivity contribution in [2.45, 2.75) is 24.0 Å². The third-order valence-electron chi connectivity index (χ3n) is 5.08. The normalized spacial score (nSPS) is 16.7. The van der Waals surface area contributed by atoms with Crippen LogP contribution in [0.25, 0.3) is 0 Å². The summed E-state index contributed by atoms with van der Waals surface area (Å²) in [6, 6.07) is 11.8. The number of nitrogens with one attached hydrogen (secondary N) is 2. The summed E-state index contributed by atoms with van der Waals surface area (Å²) < 4.78 is 50.7. The lowest BCUT2D eigenvalue weighted by Gasteiger charge is -2.34. The Hall–Kier alpha value is -3.02. The van der Waals surface area contributed by atoms with E-state index in [9.17, 15) is 22.4 Å². The van der Waals surface area contributed by atoms with Crippen molar-refractivity contribution in [2.24, 2.45) is 0 Å². The molecule has 2 aromatic carbocycles. The number of hydrogen-bond acceptors (Lipinski definition) is 6. The lowest BCUT2D eigenvalue weighted by atomic mass is 10.1. The number of carbonyl (C=O) groups excluding carboxylic acids is 2. The number of rotatable bonds is 8. The summed E-state index contributed by atoms with van der Waals surface area (Å²) >= 11 is 0. The molecular formula is C22H26FN3O6S. The van der Waals surface area contributed by atoms with Crippen molar-refractivity contribution >= 4 is 21.8 Å². The second-order valence-corrected chi connectivity index (χ2v) is 9.20. The third-order valence-corrected chi connectivity index (χ3v) is 6.98. The second kappa shape index (κ2) is 11.2. The van der Waals surface area contributed by atoms with E-state index >= 15 is 0 Å². The van der Waals surface area contributed by atoms with Gasteiger partial charge in [0.1, 0.15) is 17.8 Å². The van der Waals surface area contributed by atoms with Crippen molar-refractivity contribution in [1.29, 1.82) is 0 Å². The van der Waals surface area contributed by atoms with E-state index in [-0.39, 0.29) is 24.5 Å². The number of amides is 2. The average molecular weight is 480 g/mol. The number of ether oxygens (including phenoxy) is 2. The maximum Gasteiger partial charge on any atom is 0.309 e. The van der Waals surface area contributed by atoms with E-state index in [0.717, 1.165) is 27.8 Å². The Morgan fingerprint density at radius 3 is 2.42 bits per heavy atom. The number of carbonyl (C=O) groups is 2. The highest BCUT2D eigenvalue weighted by atomic mass is 32.2. The van der Waals surface area contributed by atoms with Crippen LogP contribution < -0.4 is 15.4 Å². The van der Waals surface area contributed by atoms with E-state index in [1.165, 1.54) is 12.1 Å². The van der Waals surface area contributed by atoms with E-state index in [1.54, 1.807) is 19.2 Å². The molecule has 1 aliphatic rings. The quantitative estimate of drug-likeness (QED) is 0.547. The highest BCUT2D eigenvalue weighted by Crippen LogP contribution is 2.22. The maximum absolute atomic E-state index is 13.2. The molecule has 0 unspecified atom stereocenters. The Labute approximate surface area is 191 Å². The highest BCUT2D eigenvalue weighted by Gasteiger charge is 2.35. The summed E-state index contributed by atoms with van der Waals surface area (Å²) in [5.74, 6) is -1.54. The molecule has 1 aliphatic heterocycles. The van der Waals surface area contributed by atoms with Crippen LogP contribution in [0.2, 0.25) is 0 Å². The van der Waals surface area contributed by atoms with Crippen LogP contribution in [0.5, 0.6) is 5.75 Å². The van der Waals surface area contributed by atoms with Crippen molar-refractivity contribution in [2.75, 3.05) is 33.4 Å². The van der Waals surface area contributed by atoms with Crippen molar-refractivity contribution in [3.63, 3.8) is 0 Å². The van der Waals surface area contributed by atoms with E-state index < -0.39 is 33.9 Å². The molecule has 0 bridgehead atoms. The van der Waals surface area contributed by atoms with Gasteiger partial charge in [0.2, 0.25) is 10.0 Å². The Kier molecular flexibility index (Phi) is 8.37. The molecule has 0 radical (unpaired) electrons. The molecule has 0 spiro atoms. The zero-order valence-electron chi connectivity index (χ0n) is 18.1. The Morgan fingerprint density at radius 1 is 1.09 bits per heavy atom. The van der Waals surface area contributed by atoms with Crippen molar-refractivity contribution < 1.29 is 31.9 Å². The molecule has 0 saturated carbocycles. The number of nitrogens with zero attached hydrogens (tertiary/aromatic N) is 1. The number of methoxy groups -OCH3 is 1. The molecule has 0 aliphatic carbocycles. The predicted octanol–water partition coefficient (Wildman–Crippen LogP) is 1.05. The summed E-state index contributed by atoms with van der Waals surface area (Å²) in [6.45, 7) is 0.535. The topological polar surface area (TPSA) is 114 Å². The number of benzene rings is 2. The minimum Gasteiger partial charge on any atom is -0.497 e. The molecule has 2 amide bonds. The summed E-state index contributed by atoms with van der Waals surface area (Å²) in [5, 5.41) is 4.95. The lowest BCUT2D eigenvalue weighted by molar-refractivity contribution is -0.140. The van der Waals surface area contributed by atoms with Gasteiger partial charge in [0, 0.05) is 13.1 Å². The molecule has 1 saturated heterocycles. The number of hydrogen-bond donors (Lipinski definition) is 2. The molecule has 3 rings (SSSR count). The van der Waals surface area contributed by atoms with Gasteiger partial charge in [0.05, 0.1) is 25.2 Å². The Morgan fingerprint density at radius 2 is 1.76 bits per heavy atom. The molecule has 2 aromatic rings. The van der Waals surface area contributed by atoms with Crippen LogP contribution in [0.3, 0.4) is 0 Å². The van der Waals surface area contributed by atoms with Gasteiger partial charge in [0.15, 0.2) is 0 Å². The van der Waals surface area contributed by atoms with Gasteiger partial charge >= 0.3 is 11.8 Å². The van der Waals surface area contributed by atoms with Gasteiger partial charge < -0.3 is 20.1 Å². The fraction of sp³-hybridized carbons (Fsp3) is 0.364. The molecule has 33 heavy (non-hydrogen) atoms. The molecule has 2 N–H and O–H groups in total. The fourth-order valence-corrected chi connectivity index (χ4v) is 4.86. The van der Waals surface area contributed by atoms with Gasteiger partial charge in [-0.05, 0) is 54.8 Å². The van der Waals surface area contributed by atoms with Crippen LogP contribution in [-0.2, 0) is 30.8 Å². The van der Waals surface area contributed by atoms with Crippen LogP contribution in [0.4, 0.5) is 4.39 Å². The summed E-state index contributed by atoms with van der Waals surface area (Å²) in [4.78, 5) is 24.2. The molecule has 1 heterocycles. The third kappa shape index (κ3) is 6.50. The van der Waals surface area contributed by atoms with E-state index in [1.807, 2.05) is 12.1 Å². The molecule has 1 atom stereocenters. The summed E-state index contributed by atoms with van der Waals surface area (Å²) in [5.41, 5.74) is 0.966. The zero-order chi connectivity index (χ0) is 23.8. The molecule has 0 aromatic heterocycles. The van der Waals surface area contributed by atoms with Crippen molar-refractivity contribution in [1.82, 2.24) is 14.9 Å². The van der Waals surface area contributed by atoms with E-state index in [0.29, 0.717) is 19.4 Å². The van der Waals surface area contributed by atoms with Crippen molar-refractivity contribution in [3.05, 3.63) is 59.9 Å². The molecule has 178 valence electrons. The van der Waals surface area contributed by atoms with Crippen LogP contribution in [0, 0.1) is 5.82 Å². The number of halogens is 1. The molecular weight excluding hydrogens is 453 g/mol. The van der Waals surface area contributed by atoms with Crippen LogP contribution in [-0.4, -0.2) is 64.1 Å². The molecule has 1 fully saturated rings. The van der Waals surface area contributed by atoms with E-state index in [4.69, 9.17) is 9.47 Å². The van der Waals surface area contributed by atoms with Crippen LogP contribution >= 0.6 is 0 Å². The van der Waals surface area contributed by atoms with Gasteiger partial charge in [-0.15, -0.1) is 0 Å². The lowest BCUT2D eigenvalue weighted by Crippen LogP contribution is -2.53. The average Bonchev–Trinajstić information content (AvgIpc) is 2.83. The van der Waals surface area contributed by atoms with Crippen LogP contribution in [0.15, 0.2) is 53.4 Å². The minimum atomic E-state index is -3.97. The maximum atomic E-state index is 13.2. The van der Waals surface area contributed by atoms with Gasteiger partial charge in [0.25, 0.3) is 0 Å². The largest absolute Gasteiger partial charge is 0.497 e. The first-order valence-electron chi connectivity index (χ1n) is 10.4. The standard InChI is InChI=1S/C22H26FN3O6S/c1-31-18-7-3-16(4-8-18)11-12-24-21(27)22(28)25-15-20-26(13-2-14-32-20)33(29,30)19-9-5-17(23)6-10-19/h3-10,20H,2,11-15H2,1H3,(H,24,27)(H,25,28)/t20-/m0/s1. The van der Waals surface area contributed by atoms with Gasteiger partial charge in [-0.2, -0.15) is 4.31 Å².